The van der Waals surface area contributed by atoms with E-state index in [-0.39, 0.29) is 23.5 Å². The monoisotopic (exact) mass is 421 g/mol. The first kappa shape index (κ1) is 22.8. The van der Waals surface area contributed by atoms with Crippen molar-refractivity contribution in [2.75, 3.05) is 13.1 Å². The summed E-state index contributed by atoms with van der Waals surface area (Å²) < 4.78 is 78.8. The molecule has 0 spiro atoms. The Morgan fingerprint density at radius 2 is 1.69 bits per heavy atom. The van der Waals surface area contributed by atoms with E-state index in [0.29, 0.717) is 4.90 Å². The number of alkyl halides is 6. The van der Waals surface area contributed by atoms with Gasteiger partial charge in [-0.25, -0.2) is 4.68 Å². The zero-order valence-corrected chi connectivity index (χ0v) is 16.3. The van der Waals surface area contributed by atoms with E-state index < -0.39 is 35.8 Å². The standard InChI is InChI=1S/C19H21F6N3O/c1-12-15(16(29)27(10-17(2,3)4)11-18(20,21)22)9-26-28(12)14-7-5-6-13(8-14)19(23,24)25/h5-9H,10-11H2,1-4H3. The van der Waals surface area contributed by atoms with E-state index in [9.17, 15) is 31.1 Å². The number of nitrogens with zero attached hydrogens (tertiary/aromatic N) is 3. The number of carbonyl (C=O) groups is 1. The summed E-state index contributed by atoms with van der Waals surface area (Å²) in [6.07, 6.45) is -8.08. The van der Waals surface area contributed by atoms with Crippen molar-refractivity contribution in [3.05, 3.63) is 47.3 Å². The zero-order chi connectivity index (χ0) is 22.2. The van der Waals surface area contributed by atoms with Crippen LogP contribution in [0.3, 0.4) is 0 Å². The van der Waals surface area contributed by atoms with Crippen molar-refractivity contribution >= 4 is 5.91 Å². The van der Waals surface area contributed by atoms with E-state index in [4.69, 9.17) is 0 Å². The van der Waals surface area contributed by atoms with Crippen LogP contribution >= 0.6 is 0 Å². The van der Waals surface area contributed by atoms with Crippen LogP contribution in [0.15, 0.2) is 30.5 Å². The van der Waals surface area contributed by atoms with Crippen molar-refractivity contribution < 1.29 is 31.1 Å². The molecule has 0 saturated carbocycles. The van der Waals surface area contributed by atoms with Crippen LogP contribution in [0.25, 0.3) is 5.69 Å². The van der Waals surface area contributed by atoms with E-state index in [1.54, 1.807) is 20.8 Å². The highest BCUT2D eigenvalue weighted by Crippen LogP contribution is 2.31. The Morgan fingerprint density at radius 1 is 1.07 bits per heavy atom. The maximum atomic E-state index is 13.0. The molecular formula is C19H21F6N3O. The van der Waals surface area contributed by atoms with Crippen LogP contribution < -0.4 is 0 Å². The summed E-state index contributed by atoms with van der Waals surface area (Å²) in [4.78, 5) is 13.5. The molecule has 1 aromatic carbocycles. The highest BCUT2D eigenvalue weighted by Gasteiger charge is 2.36. The largest absolute Gasteiger partial charge is 0.416 e. The molecule has 0 aliphatic heterocycles. The molecule has 0 radical (unpaired) electrons. The van der Waals surface area contributed by atoms with Crippen molar-refractivity contribution in [2.45, 2.75) is 40.0 Å². The van der Waals surface area contributed by atoms with Gasteiger partial charge in [0.05, 0.1) is 28.7 Å². The molecule has 10 heteroatoms. The van der Waals surface area contributed by atoms with Gasteiger partial charge in [-0.15, -0.1) is 0 Å². The molecule has 0 aliphatic rings. The third-order valence-corrected chi connectivity index (χ3v) is 3.98. The van der Waals surface area contributed by atoms with Crippen LogP contribution in [-0.2, 0) is 6.18 Å². The number of hydrogen-bond donors (Lipinski definition) is 0. The molecule has 1 heterocycles. The summed E-state index contributed by atoms with van der Waals surface area (Å²) >= 11 is 0. The molecule has 0 N–H and O–H groups in total. The summed E-state index contributed by atoms with van der Waals surface area (Å²) in [5.41, 5.74) is -1.39. The van der Waals surface area contributed by atoms with E-state index in [1.807, 2.05) is 0 Å². The van der Waals surface area contributed by atoms with Gasteiger partial charge in [0.2, 0.25) is 0 Å². The lowest BCUT2D eigenvalue weighted by Crippen LogP contribution is -2.43. The van der Waals surface area contributed by atoms with Crippen molar-refractivity contribution in [3.8, 4) is 5.69 Å². The van der Waals surface area contributed by atoms with Gasteiger partial charge in [-0.1, -0.05) is 26.8 Å². The maximum Gasteiger partial charge on any atom is 0.416 e. The minimum Gasteiger partial charge on any atom is -0.329 e. The topological polar surface area (TPSA) is 38.1 Å². The van der Waals surface area contributed by atoms with E-state index in [1.165, 1.54) is 19.1 Å². The fraction of sp³-hybridized carbons (Fsp3) is 0.474. The van der Waals surface area contributed by atoms with Gasteiger partial charge in [0.25, 0.3) is 5.91 Å². The summed E-state index contributed by atoms with van der Waals surface area (Å²) in [5.74, 6) is -0.882. The average Bonchev–Trinajstić information content (AvgIpc) is 2.92. The Balaban J connectivity index is 2.41. The first-order chi connectivity index (χ1) is 13.1. The second kappa shape index (κ2) is 7.72. The molecule has 0 fully saturated rings. The van der Waals surface area contributed by atoms with Crippen molar-refractivity contribution in [2.24, 2.45) is 5.41 Å². The highest BCUT2D eigenvalue weighted by molar-refractivity contribution is 5.95. The number of carbonyl (C=O) groups excluding carboxylic acids is 1. The molecule has 0 unspecified atom stereocenters. The molecule has 0 atom stereocenters. The van der Waals surface area contributed by atoms with Gasteiger partial charge in [-0.2, -0.15) is 31.4 Å². The number of amides is 1. The van der Waals surface area contributed by atoms with E-state index in [0.717, 1.165) is 23.0 Å². The lowest BCUT2D eigenvalue weighted by molar-refractivity contribution is -0.142. The predicted molar refractivity (Wildman–Crippen MR) is 94.7 cm³/mol. The molecular weight excluding hydrogens is 400 g/mol. The smallest absolute Gasteiger partial charge is 0.329 e. The van der Waals surface area contributed by atoms with Gasteiger partial charge in [0, 0.05) is 6.54 Å². The molecule has 160 valence electrons. The fourth-order valence-electron chi connectivity index (χ4n) is 2.85. The molecule has 2 aromatic rings. The second-order valence-electron chi connectivity index (χ2n) is 7.94. The number of halogens is 6. The lowest BCUT2D eigenvalue weighted by atomic mass is 9.95. The van der Waals surface area contributed by atoms with Crippen LogP contribution in [0.4, 0.5) is 26.3 Å². The van der Waals surface area contributed by atoms with Crippen LogP contribution in [0, 0.1) is 12.3 Å². The Hall–Kier alpha value is -2.52. The minimum atomic E-state index is -4.59. The van der Waals surface area contributed by atoms with Gasteiger partial charge in [0.1, 0.15) is 6.54 Å². The summed E-state index contributed by atoms with van der Waals surface area (Å²) in [7, 11) is 0. The van der Waals surface area contributed by atoms with Crippen LogP contribution in [0.1, 0.15) is 42.4 Å². The minimum absolute atomic E-state index is 0.0505. The van der Waals surface area contributed by atoms with Gasteiger partial charge in [-0.05, 0) is 30.5 Å². The second-order valence-corrected chi connectivity index (χ2v) is 7.94. The number of rotatable bonds is 4. The first-order valence-corrected chi connectivity index (χ1v) is 8.67. The van der Waals surface area contributed by atoms with Crippen LogP contribution in [0.2, 0.25) is 0 Å². The highest BCUT2D eigenvalue weighted by atomic mass is 19.4. The predicted octanol–water partition coefficient (Wildman–Crippen LogP) is 5.25. The Bertz CT molecular complexity index is 861. The third-order valence-electron chi connectivity index (χ3n) is 3.98. The van der Waals surface area contributed by atoms with Crippen molar-refractivity contribution in [1.82, 2.24) is 14.7 Å². The van der Waals surface area contributed by atoms with Crippen molar-refractivity contribution in [1.29, 1.82) is 0 Å². The summed E-state index contributed by atoms with van der Waals surface area (Å²) in [6.45, 7) is 4.92. The van der Waals surface area contributed by atoms with Gasteiger partial charge in [-0.3, -0.25) is 4.79 Å². The Labute approximate surface area is 164 Å². The van der Waals surface area contributed by atoms with E-state index in [2.05, 4.69) is 5.10 Å². The molecule has 0 bridgehead atoms. The molecule has 4 nitrogen and oxygen atoms in total. The van der Waals surface area contributed by atoms with Gasteiger partial charge in [0.15, 0.2) is 0 Å². The Morgan fingerprint density at radius 3 is 2.21 bits per heavy atom. The number of aromatic nitrogens is 2. The number of hydrogen-bond acceptors (Lipinski definition) is 2. The average molecular weight is 421 g/mol. The molecule has 0 aliphatic carbocycles. The SMILES string of the molecule is Cc1c(C(=O)N(CC(C)(C)C)CC(F)(F)F)cnn1-c1cccc(C(F)(F)F)c1. The van der Waals surface area contributed by atoms with Crippen molar-refractivity contribution in [3.63, 3.8) is 0 Å². The van der Waals surface area contributed by atoms with Crippen LogP contribution in [0.5, 0.6) is 0 Å². The Kier molecular flexibility index (Phi) is 6.06. The third kappa shape index (κ3) is 5.98. The summed E-state index contributed by atoms with van der Waals surface area (Å²) in [6, 6.07) is 4.31. The number of benzene rings is 1. The molecule has 1 amide bonds. The maximum absolute atomic E-state index is 13.0. The molecule has 0 saturated heterocycles. The first-order valence-electron chi connectivity index (χ1n) is 8.67. The molecule has 29 heavy (non-hydrogen) atoms. The van der Waals surface area contributed by atoms with Gasteiger partial charge < -0.3 is 4.90 Å². The quantitative estimate of drug-likeness (QED) is 0.633. The molecule has 1 aromatic heterocycles. The van der Waals surface area contributed by atoms with Crippen LogP contribution in [-0.4, -0.2) is 39.9 Å². The fourth-order valence-corrected chi connectivity index (χ4v) is 2.85. The lowest BCUT2D eigenvalue weighted by Gasteiger charge is -2.30. The van der Waals surface area contributed by atoms with Gasteiger partial charge >= 0.3 is 12.4 Å². The zero-order valence-electron chi connectivity index (χ0n) is 16.3. The normalized spacial score (nSPS) is 12.9. The summed E-state index contributed by atoms with van der Waals surface area (Å²) in [5, 5.41) is 3.93. The van der Waals surface area contributed by atoms with E-state index >= 15 is 0 Å². The molecule has 2 rings (SSSR count).